The first-order valence-electron chi connectivity index (χ1n) is 5.30. The maximum atomic E-state index is 10.0. The molecule has 1 fully saturated rings. The lowest BCUT2D eigenvalue weighted by Crippen LogP contribution is -2.24. The lowest BCUT2D eigenvalue weighted by Gasteiger charge is -2.22. The first kappa shape index (κ1) is 9.07. The molecule has 0 spiro atoms. The smallest absolute Gasteiger partial charge is 0.121 e. The Bertz CT molecular complexity index is 210. The van der Waals surface area contributed by atoms with Crippen molar-refractivity contribution in [1.29, 1.82) is 0 Å². The highest BCUT2D eigenvalue weighted by Crippen LogP contribution is 2.36. The van der Waals surface area contributed by atoms with Gasteiger partial charge in [0.05, 0.1) is 6.61 Å². The van der Waals surface area contributed by atoms with Crippen molar-refractivity contribution in [1.82, 2.24) is 0 Å². The van der Waals surface area contributed by atoms with Crippen molar-refractivity contribution in [2.45, 2.75) is 38.7 Å². The van der Waals surface area contributed by atoms with Crippen molar-refractivity contribution in [2.75, 3.05) is 6.61 Å². The number of ether oxygens (including phenoxy) is 1. The Balaban J connectivity index is 1.99. The van der Waals surface area contributed by atoms with Gasteiger partial charge >= 0.3 is 0 Å². The molecule has 0 bridgehead atoms. The minimum atomic E-state index is -0.333. The SMILES string of the molecule is CC1CCCC1C(O)C1=CCCO1. The molecular weight excluding hydrogens is 164 g/mol. The monoisotopic (exact) mass is 182 g/mol. The molecule has 3 unspecified atom stereocenters. The fourth-order valence-corrected chi connectivity index (χ4v) is 2.50. The van der Waals surface area contributed by atoms with Crippen molar-refractivity contribution >= 4 is 0 Å². The molecule has 74 valence electrons. The predicted octanol–water partition coefficient (Wildman–Crippen LogP) is 2.09. The van der Waals surface area contributed by atoms with Crippen LogP contribution in [0.5, 0.6) is 0 Å². The second kappa shape index (κ2) is 3.70. The van der Waals surface area contributed by atoms with Gasteiger partial charge in [-0.15, -0.1) is 0 Å². The van der Waals surface area contributed by atoms with Crippen LogP contribution >= 0.6 is 0 Å². The largest absolute Gasteiger partial charge is 0.495 e. The van der Waals surface area contributed by atoms with E-state index in [-0.39, 0.29) is 6.10 Å². The molecule has 1 aliphatic heterocycles. The summed E-state index contributed by atoms with van der Waals surface area (Å²) in [5.74, 6) is 1.92. The Morgan fingerprint density at radius 2 is 2.38 bits per heavy atom. The van der Waals surface area contributed by atoms with Crippen molar-refractivity contribution in [3.8, 4) is 0 Å². The first-order chi connectivity index (χ1) is 6.29. The van der Waals surface area contributed by atoms with Crippen LogP contribution in [-0.4, -0.2) is 17.8 Å². The highest BCUT2D eigenvalue weighted by atomic mass is 16.5. The van der Waals surface area contributed by atoms with Gasteiger partial charge in [0.15, 0.2) is 0 Å². The molecule has 1 saturated carbocycles. The Kier molecular flexibility index (Phi) is 2.58. The van der Waals surface area contributed by atoms with Crippen LogP contribution in [0.2, 0.25) is 0 Å². The van der Waals surface area contributed by atoms with E-state index in [2.05, 4.69) is 6.92 Å². The van der Waals surface area contributed by atoms with Crippen LogP contribution in [0.15, 0.2) is 11.8 Å². The number of aliphatic hydroxyl groups is 1. The topological polar surface area (TPSA) is 29.5 Å². The van der Waals surface area contributed by atoms with Crippen LogP contribution in [0.1, 0.15) is 32.6 Å². The molecule has 13 heavy (non-hydrogen) atoms. The van der Waals surface area contributed by atoms with E-state index in [1.54, 1.807) is 0 Å². The summed E-state index contributed by atoms with van der Waals surface area (Å²) in [6.07, 6.45) is 6.34. The minimum Gasteiger partial charge on any atom is -0.495 e. The molecule has 0 amide bonds. The van der Waals surface area contributed by atoms with E-state index in [1.165, 1.54) is 12.8 Å². The van der Waals surface area contributed by atoms with E-state index in [9.17, 15) is 5.11 Å². The van der Waals surface area contributed by atoms with Gasteiger partial charge in [-0.2, -0.15) is 0 Å². The van der Waals surface area contributed by atoms with Crippen molar-refractivity contribution < 1.29 is 9.84 Å². The van der Waals surface area contributed by atoms with E-state index in [0.29, 0.717) is 11.8 Å². The maximum absolute atomic E-state index is 10.0. The van der Waals surface area contributed by atoms with E-state index < -0.39 is 0 Å². The summed E-state index contributed by atoms with van der Waals surface area (Å²) in [7, 11) is 0. The van der Waals surface area contributed by atoms with Gasteiger partial charge in [-0.1, -0.05) is 19.8 Å². The molecule has 2 rings (SSSR count). The molecular formula is C11H18O2. The van der Waals surface area contributed by atoms with Gasteiger partial charge in [-0.3, -0.25) is 0 Å². The summed E-state index contributed by atoms with van der Waals surface area (Å²) in [6, 6.07) is 0. The summed E-state index contributed by atoms with van der Waals surface area (Å²) in [6.45, 7) is 2.99. The molecule has 1 heterocycles. The summed E-state index contributed by atoms with van der Waals surface area (Å²) >= 11 is 0. The van der Waals surface area contributed by atoms with Gasteiger partial charge in [0.1, 0.15) is 11.9 Å². The number of rotatable bonds is 2. The standard InChI is InChI=1S/C11H18O2/c1-8-4-2-5-9(8)11(12)10-6-3-7-13-10/h6,8-9,11-12H,2-5,7H2,1H3. The zero-order valence-corrected chi connectivity index (χ0v) is 8.20. The quantitative estimate of drug-likeness (QED) is 0.708. The van der Waals surface area contributed by atoms with Gasteiger partial charge in [0.2, 0.25) is 0 Å². The van der Waals surface area contributed by atoms with E-state index >= 15 is 0 Å². The van der Waals surface area contributed by atoms with E-state index in [0.717, 1.165) is 25.2 Å². The Hall–Kier alpha value is -0.500. The molecule has 0 aromatic carbocycles. The lowest BCUT2D eigenvalue weighted by molar-refractivity contribution is 0.0619. The second-order valence-electron chi connectivity index (χ2n) is 4.26. The van der Waals surface area contributed by atoms with Gasteiger partial charge in [-0.05, 0) is 24.3 Å². The van der Waals surface area contributed by atoms with Gasteiger partial charge in [0.25, 0.3) is 0 Å². The van der Waals surface area contributed by atoms with Crippen LogP contribution in [0, 0.1) is 11.8 Å². The van der Waals surface area contributed by atoms with Crippen LogP contribution in [0.25, 0.3) is 0 Å². The second-order valence-corrected chi connectivity index (χ2v) is 4.26. The van der Waals surface area contributed by atoms with E-state index in [1.807, 2.05) is 6.08 Å². The predicted molar refractivity (Wildman–Crippen MR) is 51.2 cm³/mol. The summed E-state index contributed by atoms with van der Waals surface area (Å²) in [5.41, 5.74) is 0. The third-order valence-corrected chi connectivity index (χ3v) is 3.36. The average Bonchev–Trinajstić information content (AvgIpc) is 2.72. The van der Waals surface area contributed by atoms with Crippen LogP contribution in [0.4, 0.5) is 0 Å². The molecule has 0 saturated heterocycles. The zero-order chi connectivity index (χ0) is 9.26. The molecule has 0 aromatic heterocycles. The fourth-order valence-electron chi connectivity index (χ4n) is 2.50. The molecule has 2 heteroatoms. The Morgan fingerprint density at radius 3 is 2.92 bits per heavy atom. The van der Waals surface area contributed by atoms with E-state index in [4.69, 9.17) is 4.74 Å². The molecule has 3 atom stereocenters. The van der Waals surface area contributed by atoms with Gasteiger partial charge in [0, 0.05) is 6.42 Å². The van der Waals surface area contributed by atoms with Crippen LogP contribution in [0.3, 0.4) is 0 Å². The summed E-state index contributed by atoms with van der Waals surface area (Å²) in [4.78, 5) is 0. The summed E-state index contributed by atoms with van der Waals surface area (Å²) < 4.78 is 5.39. The maximum Gasteiger partial charge on any atom is 0.121 e. The average molecular weight is 182 g/mol. The highest BCUT2D eigenvalue weighted by molar-refractivity contribution is 5.07. The molecule has 2 nitrogen and oxygen atoms in total. The number of hydrogen-bond donors (Lipinski definition) is 1. The molecule has 1 N–H and O–H groups in total. The van der Waals surface area contributed by atoms with Crippen molar-refractivity contribution in [3.05, 3.63) is 11.8 Å². The summed E-state index contributed by atoms with van der Waals surface area (Å²) in [5, 5.41) is 10.0. The third kappa shape index (κ3) is 1.73. The fraction of sp³-hybridized carbons (Fsp3) is 0.818. The lowest BCUT2D eigenvalue weighted by atomic mass is 9.91. The number of aliphatic hydroxyl groups excluding tert-OH is 1. The minimum absolute atomic E-state index is 0.333. The number of hydrogen-bond acceptors (Lipinski definition) is 2. The third-order valence-electron chi connectivity index (χ3n) is 3.36. The van der Waals surface area contributed by atoms with Crippen LogP contribution in [-0.2, 0) is 4.74 Å². The Morgan fingerprint density at radius 1 is 1.54 bits per heavy atom. The first-order valence-corrected chi connectivity index (χ1v) is 5.30. The molecule has 1 aliphatic carbocycles. The molecule has 0 aromatic rings. The molecule has 2 aliphatic rings. The van der Waals surface area contributed by atoms with Crippen molar-refractivity contribution in [2.24, 2.45) is 11.8 Å². The van der Waals surface area contributed by atoms with Crippen molar-refractivity contribution in [3.63, 3.8) is 0 Å². The normalized spacial score (nSPS) is 35.7. The molecule has 0 radical (unpaired) electrons. The van der Waals surface area contributed by atoms with Crippen LogP contribution < -0.4 is 0 Å². The van der Waals surface area contributed by atoms with Gasteiger partial charge in [-0.25, -0.2) is 0 Å². The Labute approximate surface area is 79.6 Å². The highest BCUT2D eigenvalue weighted by Gasteiger charge is 2.33. The zero-order valence-electron chi connectivity index (χ0n) is 8.20. The van der Waals surface area contributed by atoms with Gasteiger partial charge < -0.3 is 9.84 Å².